The number of carbonyl (C=O) groups excluding carboxylic acids is 1. The molecule has 0 aromatic heterocycles. The summed E-state index contributed by atoms with van der Waals surface area (Å²) in [5, 5.41) is 8.62. The van der Waals surface area contributed by atoms with Gasteiger partial charge in [-0.3, -0.25) is 9.59 Å². The van der Waals surface area contributed by atoms with Crippen LogP contribution in [0.25, 0.3) is 0 Å². The van der Waals surface area contributed by atoms with E-state index in [0.29, 0.717) is 12.8 Å². The van der Waals surface area contributed by atoms with E-state index < -0.39 is 5.97 Å². The average molecular weight is 510 g/mol. The molecule has 0 aliphatic rings. The number of hydrogen-bond donors (Lipinski definition) is 2. The molecule has 0 aliphatic heterocycles. The van der Waals surface area contributed by atoms with Crippen molar-refractivity contribution in [1.29, 1.82) is 0 Å². The van der Waals surface area contributed by atoms with E-state index in [0.717, 1.165) is 25.7 Å². The van der Waals surface area contributed by atoms with Crippen molar-refractivity contribution in [3.05, 3.63) is 0 Å². The van der Waals surface area contributed by atoms with Gasteiger partial charge in [0.15, 0.2) is 0 Å². The Hall–Kier alpha value is -1.06. The van der Waals surface area contributed by atoms with Crippen LogP contribution in [0.1, 0.15) is 193 Å². The van der Waals surface area contributed by atoms with Gasteiger partial charge in [0.2, 0.25) is 5.91 Å². The predicted octanol–water partition coefficient (Wildman–Crippen LogP) is 10.3. The lowest BCUT2D eigenvalue weighted by Gasteiger charge is -2.04. The summed E-state index contributed by atoms with van der Waals surface area (Å²) in [4.78, 5) is 21.1. The second kappa shape index (κ2) is 30.2. The topological polar surface area (TPSA) is 80.4 Å². The molecule has 0 saturated carbocycles. The summed E-state index contributed by atoms with van der Waals surface area (Å²) in [7, 11) is 0. The second-order valence-corrected chi connectivity index (χ2v) is 11.3. The van der Waals surface area contributed by atoms with Crippen LogP contribution in [-0.2, 0) is 9.59 Å². The first-order chi connectivity index (χ1) is 17.6. The quantitative estimate of drug-likeness (QED) is 0.0912. The fourth-order valence-electron chi connectivity index (χ4n) is 5.17. The minimum Gasteiger partial charge on any atom is -0.481 e. The van der Waals surface area contributed by atoms with Gasteiger partial charge in [-0.15, -0.1) is 0 Å². The normalized spacial score (nSPS) is 11.2. The zero-order valence-corrected chi connectivity index (χ0v) is 24.1. The molecule has 36 heavy (non-hydrogen) atoms. The summed E-state index contributed by atoms with van der Waals surface area (Å²) < 4.78 is 0. The molecule has 0 aromatic rings. The van der Waals surface area contributed by atoms with Gasteiger partial charge in [-0.25, -0.2) is 0 Å². The van der Waals surface area contributed by atoms with Crippen LogP contribution in [0.4, 0.5) is 0 Å². The van der Waals surface area contributed by atoms with Crippen LogP contribution in [0, 0.1) is 0 Å². The lowest BCUT2D eigenvalue weighted by molar-refractivity contribution is -0.137. The molecular formula is C32H63NO3. The largest absolute Gasteiger partial charge is 0.481 e. The highest BCUT2D eigenvalue weighted by molar-refractivity contribution is 5.73. The number of nitrogens with two attached hydrogens (primary N) is 1. The molecule has 1 amide bonds. The van der Waals surface area contributed by atoms with E-state index in [-0.39, 0.29) is 5.91 Å². The van der Waals surface area contributed by atoms with Gasteiger partial charge in [-0.05, 0) is 12.8 Å². The molecule has 214 valence electrons. The van der Waals surface area contributed by atoms with E-state index in [1.165, 1.54) is 154 Å². The van der Waals surface area contributed by atoms with Crippen molar-refractivity contribution >= 4 is 11.9 Å². The maximum atomic E-state index is 10.7. The average Bonchev–Trinajstić information content (AvgIpc) is 2.85. The molecule has 4 heteroatoms. The minimum atomic E-state index is -0.655. The first kappa shape index (κ1) is 34.9. The van der Waals surface area contributed by atoms with E-state index in [4.69, 9.17) is 10.8 Å². The minimum absolute atomic E-state index is 0.157. The van der Waals surface area contributed by atoms with E-state index in [2.05, 4.69) is 0 Å². The summed E-state index contributed by atoms with van der Waals surface area (Å²) in [6.45, 7) is 0. The Morgan fingerprint density at radius 2 is 0.500 bits per heavy atom. The Labute approximate surface area is 225 Å². The SMILES string of the molecule is NC(=O)CCCCCCCCCCCCCCCCCCCCCCCCCCCCCCC(=O)O. The van der Waals surface area contributed by atoms with Crippen LogP contribution < -0.4 is 5.73 Å². The molecule has 0 rings (SSSR count). The molecule has 0 radical (unpaired) electrons. The van der Waals surface area contributed by atoms with Crippen LogP contribution >= 0.6 is 0 Å². The Bertz CT molecular complexity index is 424. The Balaban J connectivity index is 3.03. The molecule has 0 unspecified atom stereocenters. The number of carboxylic acids is 1. The van der Waals surface area contributed by atoms with Crippen molar-refractivity contribution in [3.63, 3.8) is 0 Å². The molecule has 0 saturated heterocycles. The monoisotopic (exact) mass is 509 g/mol. The Morgan fingerprint density at radius 3 is 0.667 bits per heavy atom. The van der Waals surface area contributed by atoms with Crippen molar-refractivity contribution < 1.29 is 14.7 Å². The van der Waals surface area contributed by atoms with E-state index >= 15 is 0 Å². The third-order valence-corrected chi connectivity index (χ3v) is 7.56. The molecule has 0 aliphatic carbocycles. The predicted molar refractivity (Wildman–Crippen MR) is 155 cm³/mol. The van der Waals surface area contributed by atoms with Gasteiger partial charge in [0.05, 0.1) is 0 Å². The number of carboxylic acid groups (broad SMARTS) is 1. The standard InChI is InChI=1S/C32H63NO3/c33-31(34)29-27-25-23-21-19-17-15-13-11-9-7-5-3-1-2-4-6-8-10-12-14-16-18-20-22-24-26-28-30-32(35)36/h1-30H2,(H2,33,34)(H,35,36). The first-order valence-electron chi connectivity index (χ1n) is 16.1. The molecule has 0 bridgehead atoms. The summed E-state index contributed by atoms with van der Waals surface area (Å²) >= 11 is 0. The highest BCUT2D eigenvalue weighted by Crippen LogP contribution is 2.16. The number of aliphatic carboxylic acids is 1. The number of hydrogen-bond acceptors (Lipinski definition) is 2. The van der Waals surface area contributed by atoms with Gasteiger partial charge < -0.3 is 10.8 Å². The van der Waals surface area contributed by atoms with E-state index in [9.17, 15) is 9.59 Å². The van der Waals surface area contributed by atoms with Crippen molar-refractivity contribution in [2.45, 2.75) is 193 Å². The third kappa shape index (κ3) is 32.9. The molecular weight excluding hydrogens is 446 g/mol. The Kier molecular flexibility index (Phi) is 29.3. The molecule has 4 nitrogen and oxygen atoms in total. The van der Waals surface area contributed by atoms with Crippen molar-refractivity contribution in [2.75, 3.05) is 0 Å². The van der Waals surface area contributed by atoms with Gasteiger partial charge >= 0.3 is 5.97 Å². The maximum Gasteiger partial charge on any atom is 0.303 e. The number of unbranched alkanes of at least 4 members (excludes halogenated alkanes) is 27. The van der Waals surface area contributed by atoms with Crippen molar-refractivity contribution in [1.82, 2.24) is 0 Å². The van der Waals surface area contributed by atoms with Crippen molar-refractivity contribution in [2.24, 2.45) is 5.73 Å². The lowest BCUT2D eigenvalue weighted by atomic mass is 10.0. The highest BCUT2D eigenvalue weighted by Gasteiger charge is 1.98. The van der Waals surface area contributed by atoms with Crippen LogP contribution in [-0.4, -0.2) is 17.0 Å². The van der Waals surface area contributed by atoms with Crippen LogP contribution in [0.3, 0.4) is 0 Å². The molecule has 3 N–H and O–H groups in total. The highest BCUT2D eigenvalue weighted by atomic mass is 16.4. The smallest absolute Gasteiger partial charge is 0.303 e. The number of primary amides is 1. The van der Waals surface area contributed by atoms with E-state index in [1.807, 2.05) is 0 Å². The summed E-state index contributed by atoms with van der Waals surface area (Å²) in [5.41, 5.74) is 5.16. The Morgan fingerprint density at radius 1 is 0.333 bits per heavy atom. The third-order valence-electron chi connectivity index (χ3n) is 7.56. The summed E-state index contributed by atoms with van der Waals surface area (Å²) in [6.07, 6.45) is 38.2. The zero-order chi connectivity index (χ0) is 26.4. The molecule has 0 atom stereocenters. The lowest BCUT2D eigenvalue weighted by Crippen LogP contribution is -2.09. The van der Waals surface area contributed by atoms with Crippen LogP contribution in [0.15, 0.2) is 0 Å². The number of rotatable bonds is 31. The fourth-order valence-corrected chi connectivity index (χ4v) is 5.17. The number of carbonyl (C=O) groups is 2. The van der Waals surface area contributed by atoms with Gasteiger partial charge in [-0.1, -0.05) is 167 Å². The summed E-state index contributed by atoms with van der Waals surface area (Å²) in [5.74, 6) is -0.812. The molecule has 0 fully saturated rings. The van der Waals surface area contributed by atoms with Gasteiger partial charge in [0.1, 0.15) is 0 Å². The molecule has 0 spiro atoms. The maximum absolute atomic E-state index is 10.7. The molecule has 0 aromatic carbocycles. The van der Waals surface area contributed by atoms with Crippen molar-refractivity contribution in [3.8, 4) is 0 Å². The van der Waals surface area contributed by atoms with Gasteiger partial charge in [0, 0.05) is 12.8 Å². The second-order valence-electron chi connectivity index (χ2n) is 11.3. The van der Waals surface area contributed by atoms with Gasteiger partial charge in [-0.2, -0.15) is 0 Å². The van der Waals surface area contributed by atoms with Crippen LogP contribution in [0.5, 0.6) is 0 Å². The molecule has 0 heterocycles. The number of amides is 1. The van der Waals surface area contributed by atoms with Gasteiger partial charge in [0.25, 0.3) is 0 Å². The van der Waals surface area contributed by atoms with E-state index in [1.54, 1.807) is 0 Å². The zero-order valence-electron chi connectivity index (χ0n) is 24.1. The summed E-state index contributed by atoms with van der Waals surface area (Å²) in [6, 6.07) is 0. The fraction of sp³-hybridized carbons (Fsp3) is 0.938. The first-order valence-corrected chi connectivity index (χ1v) is 16.1. The van der Waals surface area contributed by atoms with Crippen LogP contribution in [0.2, 0.25) is 0 Å².